The van der Waals surface area contributed by atoms with Gasteiger partial charge in [0.1, 0.15) is 5.75 Å². The first-order chi connectivity index (χ1) is 11.5. The lowest BCUT2D eigenvalue weighted by Gasteiger charge is -2.26. The number of nitrogens with zero attached hydrogens (tertiary/aromatic N) is 1. The van der Waals surface area contributed by atoms with Crippen molar-refractivity contribution in [1.82, 2.24) is 4.90 Å². The van der Waals surface area contributed by atoms with Crippen molar-refractivity contribution in [3.05, 3.63) is 52.2 Å². The number of hydrogen-bond donors (Lipinski definition) is 0. The zero-order chi connectivity index (χ0) is 17.2. The first-order valence-corrected chi connectivity index (χ1v) is 9.40. The predicted molar refractivity (Wildman–Crippen MR) is 98.6 cm³/mol. The van der Waals surface area contributed by atoms with Gasteiger partial charge >= 0.3 is 0 Å². The average molecular weight is 343 g/mol. The number of ether oxygens (including phenoxy) is 1. The van der Waals surface area contributed by atoms with Crippen molar-refractivity contribution >= 4 is 17.2 Å². The van der Waals surface area contributed by atoms with Crippen LogP contribution in [0, 0.1) is 0 Å². The standard InChI is InChI=1S/C20H25NO2S/c1-20(2,3)15-8-4-5-10-17(15)23-14-19(22)21-12-6-9-16(21)18-11-7-13-24-18/h4-5,7-8,10-11,13,16H,6,9,12,14H2,1-3H3. The molecule has 1 amide bonds. The highest BCUT2D eigenvalue weighted by molar-refractivity contribution is 7.10. The van der Waals surface area contributed by atoms with Crippen LogP contribution < -0.4 is 4.74 Å². The van der Waals surface area contributed by atoms with Crippen LogP contribution in [0.5, 0.6) is 5.75 Å². The van der Waals surface area contributed by atoms with E-state index in [9.17, 15) is 4.79 Å². The second kappa shape index (κ2) is 6.98. The lowest BCUT2D eigenvalue weighted by molar-refractivity contribution is -0.134. The smallest absolute Gasteiger partial charge is 0.261 e. The minimum Gasteiger partial charge on any atom is -0.483 e. The van der Waals surface area contributed by atoms with Crippen LogP contribution in [0.2, 0.25) is 0 Å². The molecule has 1 fully saturated rings. The molecule has 1 atom stereocenters. The van der Waals surface area contributed by atoms with Gasteiger partial charge in [-0.15, -0.1) is 11.3 Å². The van der Waals surface area contributed by atoms with Gasteiger partial charge in [-0.05, 0) is 41.3 Å². The number of hydrogen-bond acceptors (Lipinski definition) is 3. The molecule has 0 radical (unpaired) electrons. The van der Waals surface area contributed by atoms with Crippen LogP contribution in [0.1, 0.15) is 50.1 Å². The molecule has 1 aromatic heterocycles. The molecule has 2 aromatic rings. The number of rotatable bonds is 4. The van der Waals surface area contributed by atoms with E-state index >= 15 is 0 Å². The van der Waals surface area contributed by atoms with Crippen molar-refractivity contribution in [2.24, 2.45) is 0 Å². The molecule has 0 saturated carbocycles. The van der Waals surface area contributed by atoms with Crippen LogP contribution in [0.3, 0.4) is 0 Å². The Balaban J connectivity index is 1.68. The van der Waals surface area contributed by atoms with Crippen LogP contribution in [0.25, 0.3) is 0 Å². The second-order valence-corrected chi connectivity index (χ2v) is 8.27. The van der Waals surface area contributed by atoms with Crippen LogP contribution in [-0.4, -0.2) is 24.0 Å². The zero-order valence-corrected chi connectivity index (χ0v) is 15.4. The molecule has 1 aromatic carbocycles. The van der Waals surface area contributed by atoms with Crippen LogP contribution >= 0.6 is 11.3 Å². The Labute approximate surface area is 148 Å². The van der Waals surface area contributed by atoms with E-state index in [1.54, 1.807) is 11.3 Å². The van der Waals surface area contributed by atoms with Gasteiger partial charge in [0, 0.05) is 11.4 Å². The summed E-state index contributed by atoms with van der Waals surface area (Å²) in [5.41, 5.74) is 1.13. The molecule has 4 heteroatoms. The molecule has 0 bridgehead atoms. The Kier molecular flexibility index (Phi) is 4.95. The Hall–Kier alpha value is -1.81. The van der Waals surface area contributed by atoms with Crippen molar-refractivity contribution < 1.29 is 9.53 Å². The molecule has 1 aliphatic rings. The third kappa shape index (κ3) is 3.64. The molecular formula is C20H25NO2S. The molecule has 0 spiro atoms. The van der Waals surface area contributed by atoms with Gasteiger partial charge in [0.2, 0.25) is 0 Å². The van der Waals surface area contributed by atoms with Crippen molar-refractivity contribution in [3.63, 3.8) is 0 Å². The summed E-state index contributed by atoms with van der Waals surface area (Å²) in [7, 11) is 0. The number of carbonyl (C=O) groups excluding carboxylic acids is 1. The molecule has 1 unspecified atom stereocenters. The topological polar surface area (TPSA) is 29.5 Å². The van der Waals surface area contributed by atoms with E-state index in [1.807, 2.05) is 23.1 Å². The summed E-state index contributed by atoms with van der Waals surface area (Å²) in [5, 5.41) is 2.08. The average Bonchev–Trinajstić information content (AvgIpc) is 3.22. The van der Waals surface area contributed by atoms with E-state index in [0.717, 1.165) is 30.7 Å². The largest absolute Gasteiger partial charge is 0.483 e. The zero-order valence-electron chi connectivity index (χ0n) is 14.6. The SMILES string of the molecule is CC(C)(C)c1ccccc1OCC(=O)N1CCCC1c1cccs1. The van der Waals surface area contributed by atoms with Crippen LogP contribution in [0.15, 0.2) is 41.8 Å². The minimum absolute atomic E-state index is 0.00715. The Morgan fingerprint density at radius 3 is 2.75 bits per heavy atom. The van der Waals surface area contributed by atoms with Gasteiger partial charge in [-0.1, -0.05) is 45.0 Å². The van der Waals surface area contributed by atoms with Crippen molar-refractivity contribution in [1.29, 1.82) is 0 Å². The first-order valence-electron chi connectivity index (χ1n) is 8.52. The fourth-order valence-corrected chi connectivity index (χ4v) is 4.15. The summed E-state index contributed by atoms with van der Waals surface area (Å²) in [6, 6.07) is 12.4. The summed E-state index contributed by atoms with van der Waals surface area (Å²) >= 11 is 1.73. The van der Waals surface area contributed by atoms with E-state index in [-0.39, 0.29) is 24.0 Å². The lowest BCUT2D eigenvalue weighted by Crippen LogP contribution is -2.34. The number of benzene rings is 1. The molecule has 3 rings (SSSR count). The maximum Gasteiger partial charge on any atom is 0.261 e. The van der Waals surface area contributed by atoms with Gasteiger partial charge in [0.05, 0.1) is 6.04 Å². The van der Waals surface area contributed by atoms with Gasteiger partial charge in [-0.25, -0.2) is 0 Å². The van der Waals surface area contributed by atoms with E-state index in [2.05, 4.69) is 44.4 Å². The van der Waals surface area contributed by atoms with E-state index in [1.165, 1.54) is 4.88 Å². The number of carbonyl (C=O) groups is 1. The maximum atomic E-state index is 12.7. The third-order valence-corrected chi connectivity index (χ3v) is 5.46. The number of para-hydroxylation sites is 1. The molecular weight excluding hydrogens is 318 g/mol. The quantitative estimate of drug-likeness (QED) is 0.799. The molecule has 128 valence electrons. The lowest BCUT2D eigenvalue weighted by atomic mass is 9.86. The Bertz CT molecular complexity index is 688. The maximum absolute atomic E-state index is 12.7. The highest BCUT2D eigenvalue weighted by Crippen LogP contribution is 2.35. The number of amides is 1. The minimum atomic E-state index is -0.00715. The summed E-state index contributed by atoms with van der Waals surface area (Å²) in [4.78, 5) is 15.9. The van der Waals surface area contributed by atoms with E-state index in [4.69, 9.17) is 4.74 Å². The molecule has 1 saturated heterocycles. The highest BCUT2D eigenvalue weighted by atomic mass is 32.1. The summed E-state index contributed by atoms with van der Waals surface area (Å²) in [6.07, 6.45) is 2.11. The summed E-state index contributed by atoms with van der Waals surface area (Å²) in [5.74, 6) is 0.889. The van der Waals surface area contributed by atoms with Gasteiger partial charge in [0.15, 0.2) is 6.61 Å². The van der Waals surface area contributed by atoms with Gasteiger partial charge < -0.3 is 9.64 Å². The van der Waals surface area contributed by atoms with Gasteiger partial charge in [-0.2, -0.15) is 0 Å². The number of thiophene rings is 1. The van der Waals surface area contributed by atoms with Crippen molar-refractivity contribution in [2.45, 2.75) is 45.1 Å². The monoisotopic (exact) mass is 343 g/mol. The fourth-order valence-electron chi connectivity index (χ4n) is 3.28. The van der Waals surface area contributed by atoms with Crippen molar-refractivity contribution in [3.8, 4) is 5.75 Å². The molecule has 2 heterocycles. The molecule has 0 aliphatic carbocycles. The Morgan fingerprint density at radius 2 is 2.04 bits per heavy atom. The Morgan fingerprint density at radius 1 is 1.25 bits per heavy atom. The molecule has 0 N–H and O–H groups in total. The van der Waals surface area contributed by atoms with Crippen LogP contribution in [-0.2, 0) is 10.2 Å². The molecule has 3 nitrogen and oxygen atoms in total. The van der Waals surface area contributed by atoms with Crippen molar-refractivity contribution in [2.75, 3.05) is 13.2 Å². The summed E-state index contributed by atoms with van der Waals surface area (Å²) < 4.78 is 5.92. The fraction of sp³-hybridized carbons (Fsp3) is 0.450. The second-order valence-electron chi connectivity index (χ2n) is 7.30. The third-order valence-electron chi connectivity index (χ3n) is 4.49. The van der Waals surface area contributed by atoms with Gasteiger partial charge in [-0.3, -0.25) is 4.79 Å². The first kappa shape index (κ1) is 17.0. The van der Waals surface area contributed by atoms with Crippen LogP contribution in [0.4, 0.5) is 0 Å². The molecule has 24 heavy (non-hydrogen) atoms. The van der Waals surface area contributed by atoms with E-state index < -0.39 is 0 Å². The van der Waals surface area contributed by atoms with Gasteiger partial charge in [0.25, 0.3) is 5.91 Å². The molecule has 1 aliphatic heterocycles. The normalized spacial score (nSPS) is 18.0. The number of likely N-dealkylation sites (tertiary alicyclic amines) is 1. The van der Waals surface area contributed by atoms with E-state index in [0.29, 0.717) is 0 Å². The predicted octanol–water partition coefficient (Wildman–Crippen LogP) is 4.79. The summed E-state index contributed by atoms with van der Waals surface area (Å²) in [6.45, 7) is 7.40. The highest BCUT2D eigenvalue weighted by Gasteiger charge is 2.31.